The highest BCUT2D eigenvalue weighted by Gasteiger charge is 2.21. The molecule has 0 spiro atoms. The zero-order valence-electron chi connectivity index (χ0n) is 8.33. The molecule has 0 unspecified atom stereocenters. The van der Waals surface area contributed by atoms with Gasteiger partial charge in [-0.05, 0) is 25.5 Å². The van der Waals surface area contributed by atoms with Crippen molar-refractivity contribution in [2.24, 2.45) is 0 Å². The van der Waals surface area contributed by atoms with Crippen LogP contribution in [0, 0.1) is 6.92 Å². The van der Waals surface area contributed by atoms with E-state index >= 15 is 0 Å². The van der Waals surface area contributed by atoms with Crippen molar-refractivity contribution in [3.8, 4) is 5.75 Å². The lowest BCUT2D eigenvalue weighted by atomic mass is 10.1. The number of carbonyl (C=O) groups excluding carboxylic acids is 1. The second-order valence-corrected chi connectivity index (χ2v) is 3.63. The van der Waals surface area contributed by atoms with E-state index in [-0.39, 0.29) is 11.9 Å². The smallest absolute Gasteiger partial charge is 0.255 e. The van der Waals surface area contributed by atoms with Crippen LogP contribution in [0.5, 0.6) is 5.75 Å². The van der Waals surface area contributed by atoms with E-state index in [1.807, 2.05) is 32.0 Å². The first-order chi connectivity index (χ1) is 6.68. The minimum atomic E-state index is -0.0388. The highest BCUT2D eigenvalue weighted by Crippen LogP contribution is 2.23. The minimum absolute atomic E-state index is 0.0388. The van der Waals surface area contributed by atoms with Gasteiger partial charge in [0.05, 0.1) is 11.6 Å². The topological polar surface area (TPSA) is 38.3 Å². The van der Waals surface area contributed by atoms with Gasteiger partial charge < -0.3 is 10.1 Å². The third-order valence-electron chi connectivity index (χ3n) is 2.33. The molecule has 1 amide bonds. The Bertz CT molecular complexity index is 374. The van der Waals surface area contributed by atoms with Gasteiger partial charge in [-0.15, -0.1) is 0 Å². The maximum Gasteiger partial charge on any atom is 0.255 e. The van der Waals surface area contributed by atoms with E-state index in [1.54, 1.807) is 0 Å². The Balaban J connectivity index is 2.49. The Labute approximate surface area is 83.1 Å². The van der Waals surface area contributed by atoms with Crippen molar-refractivity contribution in [3.63, 3.8) is 0 Å². The van der Waals surface area contributed by atoms with Gasteiger partial charge in [-0.2, -0.15) is 0 Å². The predicted molar refractivity (Wildman–Crippen MR) is 53.6 cm³/mol. The number of hydrogen-bond donors (Lipinski definition) is 1. The molecule has 0 saturated carbocycles. The van der Waals surface area contributed by atoms with E-state index in [0.717, 1.165) is 5.56 Å². The van der Waals surface area contributed by atoms with Gasteiger partial charge in [0.2, 0.25) is 0 Å². The molecule has 14 heavy (non-hydrogen) atoms. The minimum Gasteiger partial charge on any atom is -0.491 e. The number of amides is 1. The average Bonchev–Trinajstić information content (AvgIpc) is 2.27. The molecular weight excluding hydrogens is 178 g/mol. The third-order valence-corrected chi connectivity index (χ3v) is 2.33. The van der Waals surface area contributed by atoms with E-state index in [9.17, 15) is 4.79 Å². The fourth-order valence-corrected chi connectivity index (χ4v) is 1.60. The van der Waals surface area contributed by atoms with Crippen LogP contribution in [-0.2, 0) is 0 Å². The van der Waals surface area contributed by atoms with Crippen LogP contribution in [0.1, 0.15) is 22.8 Å². The summed E-state index contributed by atoms with van der Waals surface area (Å²) in [6, 6.07) is 5.71. The van der Waals surface area contributed by atoms with Crippen molar-refractivity contribution in [1.29, 1.82) is 0 Å². The summed E-state index contributed by atoms with van der Waals surface area (Å²) >= 11 is 0. The normalized spacial score (nSPS) is 20.4. The zero-order chi connectivity index (χ0) is 10.1. The van der Waals surface area contributed by atoms with Gasteiger partial charge in [-0.3, -0.25) is 4.79 Å². The molecule has 0 fully saturated rings. The van der Waals surface area contributed by atoms with Crippen LogP contribution >= 0.6 is 0 Å². The molecule has 3 nitrogen and oxygen atoms in total. The molecule has 1 aliphatic rings. The van der Waals surface area contributed by atoms with Gasteiger partial charge in [0.25, 0.3) is 5.91 Å². The van der Waals surface area contributed by atoms with Crippen molar-refractivity contribution >= 4 is 5.91 Å². The largest absolute Gasteiger partial charge is 0.491 e. The van der Waals surface area contributed by atoms with Crippen LogP contribution in [0.2, 0.25) is 0 Å². The molecule has 0 aromatic heterocycles. The van der Waals surface area contributed by atoms with Crippen LogP contribution in [0.15, 0.2) is 18.2 Å². The standard InChI is InChI=1S/C11H13NO2/c1-7-4-3-5-9-10(7)11(13)12-8(2)6-14-9/h3-5,8H,6H2,1-2H3,(H,12,13)/t8-/m0/s1. The molecule has 1 aliphatic heterocycles. The van der Waals surface area contributed by atoms with E-state index in [4.69, 9.17) is 4.74 Å². The average molecular weight is 191 g/mol. The predicted octanol–water partition coefficient (Wildman–Crippen LogP) is 1.51. The molecule has 74 valence electrons. The third kappa shape index (κ3) is 1.45. The Morgan fingerprint density at radius 3 is 3.07 bits per heavy atom. The van der Waals surface area contributed by atoms with Gasteiger partial charge in [0.1, 0.15) is 12.4 Å². The summed E-state index contributed by atoms with van der Waals surface area (Å²) in [6.07, 6.45) is 0. The van der Waals surface area contributed by atoms with E-state index < -0.39 is 0 Å². The molecule has 0 saturated heterocycles. The monoisotopic (exact) mass is 191 g/mol. The van der Waals surface area contributed by atoms with Gasteiger partial charge in [-0.1, -0.05) is 12.1 Å². The molecule has 3 heteroatoms. The van der Waals surface area contributed by atoms with E-state index in [1.165, 1.54) is 0 Å². The van der Waals surface area contributed by atoms with Crippen molar-refractivity contribution in [3.05, 3.63) is 29.3 Å². The number of rotatable bonds is 0. The van der Waals surface area contributed by atoms with Crippen LogP contribution in [-0.4, -0.2) is 18.6 Å². The molecule has 2 rings (SSSR count). The number of aryl methyl sites for hydroxylation is 1. The maximum absolute atomic E-state index is 11.7. The van der Waals surface area contributed by atoms with Crippen molar-refractivity contribution in [2.45, 2.75) is 19.9 Å². The summed E-state index contributed by atoms with van der Waals surface area (Å²) in [4.78, 5) is 11.7. The molecule has 0 aliphatic carbocycles. The highest BCUT2D eigenvalue weighted by atomic mass is 16.5. The van der Waals surface area contributed by atoms with Crippen molar-refractivity contribution < 1.29 is 9.53 Å². The quantitative estimate of drug-likeness (QED) is 0.675. The number of hydrogen-bond acceptors (Lipinski definition) is 2. The Morgan fingerprint density at radius 2 is 2.29 bits per heavy atom. The number of carbonyl (C=O) groups is 1. The molecule has 1 heterocycles. The lowest BCUT2D eigenvalue weighted by Gasteiger charge is -2.07. The summed E-state index contributed by atoms with van der Waals surface area (Å²) in [5.41, 5.74) is 1.62. The summed E-state index contributed by atoms with van der Waals surface area (Å²) in [5, 5.41) is 2.87. The first-order valence-corrected chi connectivity index (χ1v) is 4.72. The molecule has 1 N–H and O–H groups in total. The second-order valence-electron chi connectivity index (χ2n) is 3.63. The van der Waals surface area contributed by atoms with Crippen molar-refractivity contribution in [1.82, 2.24) is 5.32 Å². The molecule has 0 radical (unpaired) electrons. The fourth-order valence-electron chi connectivity index (χ4n) is 1.60. The number of ether oxygens (including phenoxy) is 1. The Morgan fingerprint density at radius 1 is 1.50 bits per heavy atom. The maximum atomic E-state index is 11.7. The molecule has 1 aromatic carbocycles. The first kappa shape index (κ1) is 9.06. The van der Waals surface area contributed by atoms with Gasteiger partial charge >= 0.3 is 0 Å². The SMILES string of the molecule is Cc1cccc2c1C(=O)N[C@@H](C)CO2. The molecular formula is C11H13NO2. The second kappa shape index (κ2) is 3.33. The number of benzene rings is 1. The summed E-state index contributed by atoms with van der Waals surface area (Å²) < 4.78 is 5.53. The van der Waals surface area contributed by atoms with Gasteiger partial charge in [0, 0.05) is 0 Å². The number of nitrogens with one attached hydrogen (secondary N) is 1. The first-order valence-electron chi connectivity index (χ1n) is 4.72. The molecule has 1 atom stereocenters. The summed E-state index contributed by atoms with van der Waals surface area (Å²) in [5.74, 6) is 0.648. The summed E-state index contributed by atoms with van der Waals surface area (Å²) in [6.45, 7) is 4.37. The van der Waals surface area contributed by atoms with Crippen LogP contribution < -0.4 is 10.1 Å². The van der Waals surface area contributed by atoms with E-state index in [0.29, 0.717) is 17.9 Å². The Hall–Kier alpha value is -1.51. The Kier molecular flexibility index (Phi) is 2.15. The van der Waals surface area contributed by atoms with E-state index in [2.05, 4.69) is 5.32 Å². The van der Waals surface area contributed by atoms with Crippen LogP contribution in [0.4, 0.5) is 0 Å². The van der Waals surface area contributed by atoms with Gasteiger partial charge in [0.15, 0.2) is 0 Å². The highest BCUT2D eigenvalue weighted by molar-refractivity contribution is 5.98. The van der Waals surface area contributed by atoms with Crippen LogP contribution in [0.3, 0.4) is 0 Å². The molecule has 0 bridgehead atoms. The lowest BCUT2D eigenvalue weighted by molar-refractivity contribution is 0.0942. The lowest BCUT2D eigenvalue weighted by Crippen LogP contribution is -2.34. The van der Waals surface area contributed by atoms with Crippen molar-refractivity contribution in [2.75, 3.05) is 6.61 Å². The zero-order valence-corrected chi connectivity index (χ0v) is 8.33. The number of fused-ring (bicyclic) bond motifs is 1. The molecule has 1 aromatic rings. The van der Waals surface area contributed by atoms with Crippen LogP contribution in [0.25, 0.3) is 0 Å². The summed E-state index contributed by atoms with van der Waals surface area (Å²) in [7, 11) is 0. The van der Waals surface area contributed by atoms with Gasteiger partial charge in [-0.25, -0.2) is 0 Å². The fraction of sp³-hybridized carbons (Fsp3) is 0.364.